The Kier molecular flexibility index (Phi) is 4.38. The molecule has 2 atom stereocenters. The van der Waals surface area contributed by atoms with Crippen LogP contribution >= 0.6 is 0 Å². The second kappa shape index (κ2) is 5.76. The molecule has 0 spiro atoms. The molecule has 0 amide bonds. The van der Waals surface area contributed by atoms with Gasteiger partial charge in [-0.05, 0) is 33.6 Å². The van der Waals surface area contributed by atoms with Crippen molar-refractivity contribution in [3.63, 3.8) is 0 Å². The van der Waals surface area contributed by atoms with E-state index < -0.39 is 21.9 Å². The van der Waals surface area contributed by atoms with Gasteiger partial charge in [0.25, 0.3) is 0 Å². The summed E-state index contributed by atoms with van der Waals surface area (Å²) >= 11 is 0. The Hall–Kier alpha value is -1.41. The Morgan fingerprint density at radius 2 is 2.10 bits per heavy atom. The highest BCUT2D eigenvalue weighted by atomic mass is 32.2. The summed E-state index contributed by atoms with van der Waals surface area (Å²) in [5, 5.41) is 13.2. The predicted octanol–water partition coefficient (Wildman–Crippen LogP) is 1.34. The number of carbonyl (C=O) groups is 1. The predicted molar refractivity (Wildman–Crippen MR) is 76.3 cm³/mol. The van der Waals surface area contributed by atoms with Crippen LogP contribution in [0.25, 0.3) is 0 Å². The minimum atomic E-state index is -3.70. The largest absolute Gasteiger partial charge is 0.481 e. The first-order valence-electron chi connectivity index (χ1n) is 7.02. The third kappa shape index (κ3) is 3.11. The number of aromatic nitrogens is 2. The number of aliphatic carboxylic acids is 1. The van der Waals surface area contributed by atoms with E-state index in [9.17, 15) is 13.2 Å². The van der Waals surface area contributed by atoms with Crippen LogP contribution < -0.4 is 0 Å². The zero-order chi connectivity index (χ0) is 15.8. The summed E-state index contributed by atoms with van der Waals surface area (Å²) < 4.78 is 28.2. The van der Waals surface area contributed by atoms with E-state index in [1.165, 1.54) is 16.7 Å². The molecule has 1 fully saturated rings. The summed E-state index contributed by atoms with van der Waals surface area (Å²) in [5.74, 6) is -1.59. The Balaban J connectivity index is 2.30. The van der Waals surface area contributed by atoms with Crippen LogP contribution in [0.5, 0.6) is 0 Å². The van der Waals surface area contributed by atoms with Crippen molar-refractivity contribution >= 4 is 16.0 Å². The van der Waals surface area contributed by atoms with E-state index >= 15 is 0 Å². The van der Waals surface area contributed by atoms with E-state index in [4.69, 9.17) is 5.11 Å². The molecule has 1 aliphatic heterocycles. The maximum Gasteiger partial charge on any atom is 0.307 e. The maximum atomic E-state index is 12.7. The zero-order valence-electron chi connectivity index (χ0n) is 12.4. The van der Waals surface area contributed by atoms with Crippen LogP contribution in [0.2, 0.25) is 0 Å². The molecular weight excluding hydrogens is 294 g/mol. The molecule has 2 rings (SSSR count). The average molecular weight is 315 g/mol. The van der Waals surface area contributed by atoms with Gasteiger partial charge in [0.15, 0.2) is 0 Å². The molecule has 0 radical (unpaired) electrons. The van der Waals surface area contributed by atoms with Crippen LogP contribution in [-0.2, 0) is 14.8 Å². The smallest absolute Gasteiger partial charge is 0.307 e. The Labute approximate surface area is 124 Å². The minimum absolute atomic E-state index is 0.0195. The molecule has 7 nitrogen and oxygen atoms in total. The maximum absolute atomic E-state index is 12.7. The van der Waals surface area contributed by atoms with Gasteiger partial charge < -0.3 is 5.11 Å². The third-order valence-electron chi connectivity index (χ3n) is 3.89. The highest BCUT2D eigenvalue weighted by Crippen LogP contribution is 2.28. The van der Waals surface area contributed by atoms with Gasteiger partial charge in [-0.3, -0.25) is 9.48 Å². The monoisotopic (exact) mass is 315 g/mol. The van der Waals surface area contributed by atoms with E-state index in [0.29, 0.717) is 12.8 Å². The molecule has 8 heteroatoms. The van der Waals surface area contributed by atoms with Crippen molar-refractivity contribution < 1.29 is 18.3 Å². The fourth-order valence-corrected chi connectivity index (χ4v) is 4.13. The number of carboxylic acid groups (broad SMARTS) is 1. The molecule has 21 heavy (non-hydrogen) atoms. The van der Waals surface area contributed by atoms with Crippen molar-refractivity contribution in [2.24, 2.45) is 5.92 Å². The van der Waals surface area contributed by atoms with E-state index in [1.54, 1.807) is 4.68 Å². The third-order valence-corrected chi connectivity index (χ3v) is 5.82. The molecule has 1 aromatic rings. The van der Waals surface area contributed by atoms with Gasteiger partial charge in [0.1, 0.15) is 4.90 Å². The number of piperidine rings is 1. The van der Waals surface area contributed by atoms with E-state index in [-0.39, 0.29) is 23.5 Å². The lowest BCUT2D eigenvalue weighted by Crippen LogP contribution is -2.47. The second-order valence-electron chi connectivity index (χ2n) is 5.79. The van der Waals surface area contributed by atoms with Gasteiger partial charge in [-0.2, -0.15) is 9.40 Å². The first kappa shape index (κ1) is 16.0. The molecule has 1 saturated heterocycles. The average Bonchev–Trinajstić information content (AvgIpc) is 2.89. The van der Waals surface area contributed by atoms with Crippen LogP contribution in [0.15, 0.2) is 17.3 Å². The van der Waals surface area contributed by atoms with Crippen LogP contribution in [0.4, 0.5) is 0 Å². The minimum Gasteiger partial charge on any atom is -0.481 e. The molecule has 0 aromatic carbocycles. The van der Waals surface area contributed by atoms with Crippen LogP contribution in [0, 0.1) is 5.92 Å². The molecule has 0 bridgehead atoms. The van der Waals surface area contributed by atoms with Crippen molar-refractivity contribution in [2.45, 2.75) is 50.6 Å². The number of rotatable bonds is 4. The van der Waals surface area contributed by atoms with E-state index in [0.717, 1.165) is 0 Å². The molecule has 1 aliphatic rings. The Morgan fingerprint density at radius 3 is 2.62 bits per heavy atom. The zero-order valence-corrected chi connectivity index (χ0v) is 13.2. The molecule has 1 N–H and O–H groups in total. The van der Waals surface area contributed by atoms with Crippen LogP contribution in [0.1, 0.15) is 39.7 Å². The first-order chi connectivity index (χ1) is 9.73. The van der Waals surface area contributed by atoms with Gasteiger partial charge >= 0.3 is 5.97 Å². The number of sulfonamides is 1. The van der Waals surface area contributed by atoms with Crippen molar-refractivity contribution in [3.05, 3.63) is 12.4 Å². The fourth-order valence-electron chi connectivity index (χ4n) is 2.48. The van der Waals surface area contributed by atoms with Crippen molar-refractivity contribution in [3.8, 4) is 0 Å². The van der Waals surface area contributed by atoms with Gasteiger partial charge in [-0.15, -0.1) is 0 Å². The highest BCUT2D eigenvalue weighted by molar-refractivity contribution is 7.89. The quantitative estimate of drug-likeness (QED) is 0.905. The molecule has 0 saturated carbocycles. The summed E-state index contributed by atoms with van der Waals surface area (Å²) in [4.78, 5) is 11.2. The summed E-state index contributed by atoms with van der Waals surface area (Å²) in [6.45, 7) is 5.65. The summed E-state index contributed by atoms with van der Waals surface area (Å²) in [6, 6.07) is -0.132. The molecule has 2 unspecified atom stereocenters. The van der Waals surface area contributed by atoms with Gasteiger partial charge in [-0.1, -0.05) is 0 Å². The second-order valence-corrected chi connectivity index (χ2v) is 7.68. The SMILES string of the molecule is CC1CCC(C(=O)O)CN1S(=O)(=O)c1cnn(C(C)C)c1. The van der Waals surface area contributed by atoms with Crippen LogP contribution in [-0.4, -0.2) is 46.2 Å². The van der Waals surface area contributed by atoms with Gasteiger partial charge in [0.2, 0.25) is 10.0 Å². The van der Waals surface area contributed by atoms with Crippen molar-refractivity contribution in [2.75, 3.05) is 6.54 Å². The Morgan fingerprint density at radius 1 is 1.43 bits per heavy atom. The summed E-state index contributed by atoms with van der Waals surface area (Å²) in [6.07, 6.45) is 3.88. The van der Waals surface area contributed by atoms with Gasteiger partial charge in [0, 0.05) is 24.8 Å². The molecule has 2 heterocycles. The fraction of sp³-hybridized carbons (Fsp3) is 0.692. The molecule has 1 aromatic heterocycles. The lowest BCUT2D eigenvalue weighted by Gasteiger charge is -2.34. The number of hydrogen-bond donors (Lipinski definition) is 1. The van der Waals surface area contributed by atoms with Gasteiger partial charge in [0.05, 0.1) is 12.1 Å². The molecular formula is C13H21N3O4S. The van der Waals surface area contributed by atoms with E-state index in [1.807, 2.05) is 20.8 Å². The van der Waals surface area contributed by atoms with Gasteiger partial charge in [-0.25, -0.2) is 8.42 Å². The Bertz CT molecular complexity index is 623. The molecule has 0 aliphatic carbocycles. The summed E-state index contributed by atoms with van der Waals surface area (Å²) in [5.41, 5.74) is 0. The van der Waals surface area contributed by atoms with Crippen molar-refractivity contribution in [1.29, 1.82) is 0 Å². The lowest BCUT2D eigenvalue weighted by molar-refractivity contribution is -0.143. The molecule has 118 valence electrons. The van der Waals surface area contributed by atoms with Crippen molar-refractivity contribution in [1.82, 2.24) is 14.1 Å². The number of nitrogens with zero attached hydrogens (tertiary/aromatic N) is 3. The first-order valence-corrected chi connectivity index (χ1v) is 8.46. The van der Waals surface area contributed by atoms with Crippen LogP contribution in [0.3, 0.4) is 0 Å². The lowest BCUT2D eigenvalue weighted by atomic mass is 9.96. The summed E-state index contributed by atoms with van der Waals surface area (Å²) in [7, 11) is -3.70. The number of hydrogen-bond acceptors (Lipinski definition) is 4. The number of carboxylic acids is 1. The normalized spacial score (nSPS) is 24.4. The highest BCUT2D eigenvalue weighted by Gasteiger charge is 2.38. The topological polar surface area (TPSA) is 92.5 Å². The van der Waals surface area contributed by atoms with E-state index in [2.05, 4.69) is 5.10 Å². The standard InChI is InChI=1S/C13H21N3O4S/c1-9(2)15-8-12(6-14-15)21(19,20)16-7-11(13(17)18)5-4-10(16)3/h6,8-11H,4-5,7H2,1-3H3,(H,17,18).